The molecule has 1 N–H and O–H groups in total. The molecule has 28 heavy (non-hydrogen) atoms. The predicted molar refractivity (Wildman–Crippen MR) is 110 cm³/mol. The Labute approximate surface area is 163 Å². The van der Waals surface area contributed by atoms with Crippen LogP contribution in [0.2, 0.25) is 0 Å². The third-order valence-corrected chi connectivity index (χ3v) is 8.31. The van der Waals surface area contributed by atoms with Crippen LogP contribution in [0.15, 0.2) is 72.8 Å². The maximum atomic E-state index is 14.6. The Balaban J connectivity index is 1.91. The van der Waals surface area contributed by atoms with Crippen molar-refractivity contribution < 1.29 is 18.8 Å². The van der Waals surface area contributed by atoms with Crippen LogP contribution in [0, 0.1) is 0 Å². The molecular weight excluding hydrogens is 373 g/mol. The van der Waals surface area contributed by atoms with Gasteiger partial charge in [-0.1, -0.05) is 18.2 Å². The summed E-state index contributed by atoms with van der Waals surface area (Å²) in [4.78, 5) is 12.5. The van der Waals surface area contributed by atoms with Gasteiger partial charge in [0.2, 0.25) is 0 Å². The van der Waals surface area contributed by atoms with Crippen LogP contribution >= 0.6 is 7.14 Å². The van der Waals surface area contributed by atoms with E-state index >= 15 is 0 Å². The minimum Gasteiger partial charge on any atom is -0.497 e. The van der Waals surface area contributed by atoms with Crippen LogP contribution < -0.4 is 25.4 Å². The van der Waals surface area contributed by atoms with E-state index in [4.69, 9.17) is 9.47 Å². The number of hydrogen-bond donors (Lipinski definition) is 1. The number of fused-ring (bicyclic) bond motifs is 1. The molecule has 6 heteroatoms. The summed E-state index contributed by atoms with van der Waals surface area (Å²) in [5.74, 6) is 0.530. The number of amides is 1. The molecule has 0 aromatic heterocycles. The largest absolute Gasteiger partial charge is 0.497 e. The molecule has 1 amide bonds. The molecule has 0 unspecified atom stereocenters. The number of carbonyl (C=O) groups excluding carboxylic acids is 1. The number of nitrogens with one attached hydrogen (secondary N) is 1. The number of rotatable bonds is 5. The second-order valence-corrected chi connectivity index (χ2v) is 9.38. The Morgan fingerprint density at radius 3 is 1.79 bits per heavy atom. The summed E-state index contributed by atoms with van der Waals surface area (Å²) < 4.78 is 25.1. The first-order valence-corrected chi connectivity index (χ1v) is 10.6. The standard InChI is InChI=1S/C22H20NO4P/c1-26-15-7-11-17(12-8-15)28(25,18-13-9-16(27-2)10-14-18)22-20-6-4-3-5-19(20)21(24)23-22/h3-14,22H,1-2H3,(H,23,24)/t22-/m0/s1. The van der Waals surface area contributed by atoms with Crippen molar-refractivity contribution in [3.63, 3.8) is 0 Å². The Bertz CT molecular complexity index is 1010. The SMILES string of the molecule is COc1ccc(P(=O)(c2ccc(OC)cc2)[C@@H]2NC(=O)c3ccccc32)cc1. The average Bonchev–Trinajstić information content (AvgIpc) is 3.10. The second-order valence-electron chi connectivity index (χ2n) is 6.52. The molecule has 5 nitrogen and oxygen atoms in total. The van der Waals surface area contributed by atoms with Gasteiger partial charge in [0, 0.05) is 16.2 Å². The molecule has 1 atom stereocenters. The van der Waals surface area contributed by atoms with Crippen LogP contribution in [-0.4, -0.2) is 20.1 Å². The van der Waals surface area contributed by atoms with Crippen molar-refractivity contribution >= 4 is 23.7 Å². The van der Waals surface area contributed by atoms with Gasteiger partial charge in [-0.05, 0) is 60.2 Å². The molecule has 0 aliphatic carbocycles. The fourth-order valence-corrected chi connectivity index (χ4v) is 6.56. The highest BCUT2D eigenvalue weighted by Gasteiger charge is 2.44. The molecule has 0 saturated heterocycles. The highest BCUT2D eigenvalue weighted by atomic mass is 31.2. The summed E-state index contributed by atoms with van der Waals surface area (Å²) in [6.45, 7) is 0. The summed E-state index contributed by atoms with van der Waals surface area (Å²) >= 11 is 0. The van der Waals surface area contributed by atoms with Gasteiger partial charge in [-0.3, -0.25) is 4.79 Å². The zero-order valence-electron chi connectivity index (χ0n) is 15.6. The molecule has 0 saturated carbocycles. The highest BCUT2D eigenvalue weighted by Crippen LogP contribution is 2.58. The maximum absolute atomic E-state index is 14.6. The lowest BCUT2D eigenvalue weighted by Gasteiger charge is -2.26. The van der Waals surface area contributed by atoms with Gasteiger partial charge in [0.25, 0.3) is 5.91 Å². The molecule has 4 rings (SSSR count). The molecule has 1 aliphatic heterocycles. The molecule has 0 fully saturated rings. The molecular formula is C22H20NO4P. The van der Waals surface area contributed by atoms with Crippen molar-refractivity contribution in [3.05, 3.63) is 83.9 Å². The van der Waals surface area contributed by atoms with E-state index in [1.54, 1.807) is 68.8 Å². The van der Waals surface area contributed by atoms with Gasteiger partial charge in [0.05, 0.1) is 14.2 Å². The van der Waals surface area contributed by atoms with Gasteiger partial charge in [0.15, 0.2) is 7.14 Å². The molecule has 0 radical (unpaired) electrons. The van der Waals surface area contributed by atoms with Gasteiger partial charge in [-0.2, -0.15) is 0 Å². The first-order valence-electron chi connectivity index (χ1n) is 8.86. The van der Waals surface area contributed by atoms with Crippen LogP contribution in [0.3, 0.4) is 0 Å². The lowest BCUT2D eigenvalue weighted by atomic mass is 10.1. The molecule has 1 aliphatic rings. The maximum Gasteiger partial charge on any atom is 0.252 e. The fraction of sp³-hybridized carbons (Fsp3) is 0.136. The number of ether oxygens (including phenoxy) is 2. The normalized spacial score (nSPS) is 15.6. The molecule has 0 bridgehead atoms. The minimum absolute atomic E-state index is 0.206. The topological polar surface area (TPSA) is 64.6 Å². The van der Waals surface area contributed by atoms with Crippen molar-refractivity contribution in [2.45, 2.75) is 5.78 Å². The van der Waals surface area contributed by atoms with Crippen LogP contribution in [0.4, 0.5) is 0 Å². The quantitative estimate of drug-likeness (QED) is 0.675. The fourth-order valence-electron chi connectivity index (χ4n) is 3.56. The monoisotopic (exact) mass is 393 g/mol. The summed E-state index contributed by atoms with van der Waals surface area (Å²) in [5, 5.41) is 4.26. The first kappa shape index (κ1) is 18.3. The number of carbonyl (C=O) groups is 1. The van der Waals surface area contributed by atoms with Gasteiger partial charge in [0.1, 0.15) is 17.3 Å². The van der Waals surface area contributed by atoms with Gasteiger partial charge in [-0.25, -0.2) is 0 Å². The summed E-state index contributed by atoms with van der Waals surface area (Å²) in [7, 11) is -0.0675. The smallest absolute Gasteiger partial charge is 0.252 e. The zero-order chi connectivity index (χ0) is 19.7. The van der Waals surface area contributed by atoms with E-state index in [0.29, 0.717) is 27.7 Å². The van der Waals surface area contributed by atoms with E-state index in [-0.39, 0.29) is 5.91 Å². The van der Waals surface area contributed by atoms with Crippen molar-refractivity contribution in [1.29, 1.82) is 0 Å². The van der Waals surface area contributed by atoms with E-state index in [1.165, 1.54) is 0 Å². The molecule has 142 valence electrons. The van der Waals surface area contributed by atoms with Crippen molar-refractivity contribution in [2.24, 2.45) is 0 Å². The number of hydrogen-bond acceptors (Lipinski definition) is 4. The lowest BCUT2D eigenvalue weighted by Crippen LogP contribution is -2.28. The average molecular weight is 393 g/mol. The van der Waals surface area contributed by atoms with Crippen molar-refractivity contribution in [2.75, 3.05) is 14.2 Å². The Morgan fingerprint density at radius 2 is 1.29 bits per heavy atom. The molecule has 3 aromatic carbocycles. The van der Waals surface area contributed by atoms with Crippen molar-refractivity contribution in [1.82, 2.24) is 5.32 Å². The van der Waals surface area contributed by atoms with Crippen LogP contribution in [0.25, 0.3) is 0 Å². The van der Waals surface area contributed by atoms with Gasteiger partial charge >= 0.3 is 0 Å². The van der Waals surface area contributed by atoms with Gasteiger partial charge in [-0.15, -0.1) is 0 Å². The summed E-state index contributed by atoms with van der Waals surface area (Å²) in [6.07, 6.45) is 0. The van der Waals surface area contributed by atoms with E-state index in [0.717, 1.165) is 5.56 Å². The third kappa shape index (κ3) is 2.88. The van der Waals surface area contributed by atoms with Crippen molar-refractivity contribution in [3.8, 4) is 11.5 Å². The number of methoxy groups -OCH3 is 2. The van der Waals surface area contributed by atoms with E-state index in [2.05, 4.69) is 5.32 Å². The van der Waals surface area contributed by atoms with Crippen LogP contribution in [-0.2, 0) is 4.57 Å². The summed E-state index contributed by atoms with van der Waals surface area (Å²) in [5.41, 5.74) is 1.32. The van der Waals surface area contributed by atoms with Gasteiger partial charge < -0.3 is 19.4 Å². The first-order chi connectivity index (χ1) is 13.6. The molecule has 1 heterocycles. The third-order valence-electron chi connectivity index (χ3n) is 5.04. The van der Waals surface area contributed by atoms with E-state index in [1.807, 2.05) is 18.2 Å². The minimum atomic E-state index is -3.25. The highest BCUT2D eigenvalue weighted by molar-refractivity contribution is 7.79. The Hall–Kier alpha value is -3.04. The predicted octanol–water partition coefficient (Wildman–Crippen LogP) is 3.46. The Morgan fingerprint density at radius 1 is 0.786 bits per heavy atom. The summed E-state index contributed by atoms with van der Waals surface area (Å²) in [6, 6.07) is 21.6. The van der Waals surface area contributed by atoms with E-state index < -0.39 is 12.9 Å². The number of benzene rings is 3. The molecule has 0 spiro atoms. The van der Waals surface area contributed by atoms with Crippen LogP contribution in [0.5, 0.6) is 11.5 Å². The molecule has 3 aromatic rings. The van der Waals surface area contributed by atoms with E-state index in [9.17, 15) is 9.36 Å². The Kier molecular flexibility index (Phi) is 4.70. The second kappa shape index (κ2) is 7.17. The zero-order valence-corrected chi connectivity index (χ0v) is 16.5. The van der Waals surface area contributed by atoms with Crippen LogP contribution in [0.1, 0.15) is 21.7 Å². The lowest BCUT2D eigenvalue weighted by molar-refractivity contribution is 0.0964.